The number of alkyl halides is 3. The molecule has 218 valence electrons. The zero-order chi connectivity index (χ0) is 29.7. The lowest BCUT2D eigenvalue weighted by atomic mass is 10.1. The normalized spacial score (nSPS) is 18.3. The number of fused-ring (bicyclic) bond motifs is 1. The first-order valence-corrected chi connectivity index (χ1v) is 13.9. The summed E-state index contributed by atoms with van der Waals surface area (Å²) in [5.74, 6) is -0.972. The van der Waals surface area contributed by atoms with Crippen molar-refractivity contribution in [3.05, 3.63) is 47.2 Å². The van der Waals surface area contributed by atoms with Crippen LogP contribution < -0.4 is 19.7 Å². The summed E-state index contributed by atoms with van der Waals surface area (Å²) < 4.78 is 91.8. The largest absolute Gasteiger partial charge is 0.484 e. The topological polar surface area (TPSA) is 114 Å². The minimum Gasteiger partial charge on any atom is -0.484 e. The molecule has 0 aromatic heterocycles. The van der Waals surface area contributed by atoms with Crippen molar-refractivity contribution >= 4 is 45.0 Å². The van der Waals surface area contributed by atoms with Crippen molar-refractivity contribution in [3.63, 3.8) is 0 Å². The molecule has 4 rings (SSSR count). The lowest BCUT2D eigenvalue weighted by molar-refractivity contribution is -0.242. The Hall–Kier alpha value is -3.26. The zero-order valence-electron chi connectivity index (χ0n) is 21.6. The SMILES string of the molecule is CC1(C(=O)NC[C@H]2CN(S(=O)(=O)c3ccc(F)c(Cl)c3)c3cc(NC(=O)OC(C)(C)C(F)(F)F)ccc3O2)CC1. The van der Waals surface area contributed by atoms with E-state index in [1.807, 2.05) is 6.92 Å². The second kappa shape index (κ2) is 10.3. The number of hydrogen-bond acceptors (Lipinski definition) is 6. The standard InChI is InChI=1S/C25H26ClF4N3O6S/c1-23(2,25(28,29)30)39-22(35)32-14-4-7-20-19(10-14)33(40(36,37)16-5-6-18(27)17(26)11-16)13-15(38-20)12-31-21(34)24(3)8-9-24/h4-7,10-11,15H,8-9,12-13H2,1-3H3,(H,31,34)(H,32,35)/t15-/m0/s1. The molecule has 2 N–H and O–H groups in total. The summed E-state index contributed by atoms with van der Waals surface area (Å²) in [6.07, 6.45) is -5.63. The first-order chi connectivity index (χ1) is 18.4. The van der Waals surface area contributed by atoms with Gasteiger partial charge in [-0.2, -0.15) is 13.2 Å². The number of nitrogens with one attached hydrogen (secondary N) is 2. The Kier molecular flexibility index (Phi) is 7.65. The van der Waals surface area contributed by atoms with E-state index in [1.165, 1.54) is 18.2 Å². The molecule has 2 aromatic carbocycles. The number of hydrogen-bond donors (Lipinski definition) is 2. The van der Waals surface area contributed by atoms with E-state index in [2.05, 4.69) is 15.4 Å². The van der Waals surface area contributed by atoms with Crippen LogP contribution in [0.1, 0.15) is 33.6 Å². The molecule has 1 saturated carbocycles. The highest BCUT2D eigenvalue weighted by molar-refractivity contribution is 7.92. The highest BCUT2D eigenvalue weighted by Gasteiger charge is 2.51. The number of rotatable bonds is 7. The summed E-state index contributed by atoms with van der Waals surface area (Å²) in [5.41, 5.74) is -3.42. The summed E-state index contributed by atoms with van der Waals surface area (Å²) in [6.45, 7) is 2.85. The highest BCUT2D eigenvalue weighted by Crippen LogP contribution is 2.45. The van der Waals surface area contributed by atoms with Gasteiger partial charge < -0.3 is 14.8 Å². The van der Waals surface area contributed by atoms with Gasteiger partial charge in [0.2, 0.25) is 11.5 Å². The molecule has 1 heterocycles. The van der Waals surface area contributed by atoms with Crippen LogP contribution >= 0.6 is 11.6 Å². The number of amides is 2. The Morgan fingerprint density at radius 3 is 2.45 bits per heavy atom. The Morgan fingerprint density at radius 2 is 1.85 bits per heavy atom. The number of carbonyl (C=O) groups excluding carboxylic acids is 2. The summed E-state index contributed by atoms with van der Waals surface area (Å²) >= 11 is 5.82. The molecule has 0 radical (unpaired) electrons. The van der Waals surface area contributed by atoms with Crippen LogP contribution in [0.15, 0.2) is 41.3 Å². The fourth-order valence-corrected chi connectivity index (χ4v) is 5.53. The van der Waals surface area contributed by atoms with Gasteiger partial charge in [0, 0.05) is 11.1 Å². The van der Waals surface area contributed by atoms with E-state index in [-0.39, 0.29) is 41.0 Å². The van der Waals surface area contributed by atoms with Gasteiger partial charge in [-0.05, 0) is 63.1 Å². The molecule has 2 amide bonds. The third-order valence-electron chi connectivity index (χ3n) is 6.69. The van der Waals surface area contributed by atoms with Crippen molar-refractivity contribution in [2.75, 3.05) is 22.7 Å². The minimum absolute atomic E-state index is 0.0249. The molecule has 15 heteroatoms. The number of ether oxygens (including phenoxy) is 2. The summed E-state index contributed by atoms with van der Waals surface area (Å²) in [6, 6.07) is 6.63. The van der Waals surface area contributed by atoms with E-state index < -0.39 is 50.3 Å². The van der Waals surface area contributed by atoms with Crippen molar-refractivity contribution in [1.29, 1.82) is 0 Å². The van der Waals surface area contributed by atoms with Crippen LogP contribution in [-0.4, -0.2) is 51.4 Å². The first-order valence-electron chi connectivity index (χ1n) is 12.1. The van der Waals surface area contributed by atoms with E-state index in [4.69, 9.17) is 16.3 Å². The van der Waals surface area contributed by atoms with Gasteiger partial charge in [0.05, 0.1) is 28.7 Å². The molecule has 0 spiro atoms. The van der Waals surface area contributed by atoms with Gasteiger partial charge in [0.15, 0.2) is 0 Å². The third-order valence-corrected chi connectivity index (χ3v) is 8.75. The van der Waals surface area contributed by atoms with Crippen molar-refractivity contribution < 1.29 is 45.0 Å². The van der Waals surface area contributed by atoms with E-state index in [1.54, 1.807) is 0 Å². The molecule has 0 bridgehead atoms. The summed E-state index contributed by atoms with van der Waals surface area (Å²) in [7, 11) is -4.40. The van der Waals surface area contributed by atoms with Gasteiger partial charge >= 0.3 is 12.3 Å². The molecule has 1 aliphatic heterocycles. The van der Waals surface area contributed by atoms with E-state index in [0.29, 0.717) is 13.8 Å². The molecule has 0 saturated heterocycles. The fourth-order valence-electron chi connectivity index (χ4n) is 3.76. The number of anilines is 2. The maximum absolute atomic E-state index is 13.8. The Bertz CT molecular complexity index is 1450. The van der Waals surface area contributed by atoms with Gasteiger partial charge in [0.25, 0.3) is 10.0 Å². The quantitative estimate of drug-likeness (QED) is 0.416. The van der Waals surface area contributed by atoms with Crippen LogP contribution in [0, 0.1) is 11.2 Å². The average molecular weight is 608 g/mol. The van der Waals surface area contributed by atoms with Gasteiger partial charge in [-0.3, -0.25) is 14.4 Å². The molecule has 9 nitrogen and oxygen atoms in total. The first kappa shape index (κ1) is 29.7. The number of nitrogens with zero attached hydrogens (tertiary/aromatic N) is 1. The Labute approximate surface area is 232 Å². The van der Waals surface area contributed by atoms with E-state index in [9.17, 15) is 35.6 Å². The fraction of sp³-hybridized carbons (Fsp3) is 0.440. The molecule has 2 aliphatic rings. The Morgan fingerprint density at radius 1 is 1.18 bits per heavy atom. The van der Waals surface area contributed by atoms with Crippen molar-refractivity contribution in [3.8, 4) is 5.75 Å². The molecule has 1 aliphatic carbocycles. The van der Waals surface area contributed by atoms with Gasteiger partial charge in [-0.15, -0.1) is 0 Å². The maximum atomic E-state index is 13.8. The van der Waals surface area contributed by atoms with Crippen LogP contribution in [0.2, 0.25) is 5.02 Å². The molecular weight excluding hydrogens is 582 g/mol. The summed E-state index contributed by atoms with van der Waals surface area (Å²) in [5, 5.41) is 4.49. The van der Waals surface area contributed by atoms with E-state index in [0.717, 1.165) is 35.3 Å². The lowest BCUT2D eigenvalue weighted by Gasteiger charge is -2.36. The average Bonchev–Trinajstić information content (AvgIpc) is 3.61. The van der Waals surface area contributed by atoms with Crippen molar-refractivity contribution in [2.45, 2.75) is 56.4 Å². The molecular formula is C25H26ClF4N3O6S. The monoisotopic (exact) mass is 607 g/mol. The predicted molar refractivity (Wildman–Crippen MR) is 137 cm³/mol. The molecule has 0 unspecified atom stereocenters. The van der Waals surface area contributed by atoms with Crippen molar-refractivity contribution in [1.82, 2.24) is 5.32 Å². The zero-order valence-corrected chi connectivity index (χ0v) is 23.1. The maximum Gasteiger partial charge on any atom is 0.427 e. The van der Waals surface area contributed by atoms with Crippen LogP contribution in [0.5, 0.6) is 5.75 Å². The second-order valence-corrected chi connectivity index (χ2v) is 12.6. The van der Waals surface area contributed by atoms with Gasteiger partial charge in [-0.25, -0.2) is 17.6 Å². The lowest BCUT2D eigenvalue weighted by Crippen LogP contribution is -2.49. The smallest absolute Gasteiger partial charge is 0.427 e. The third kappa shape index (κ3) is 6.07. The molecule has 1 atom stereocenters. The van der Waals surface area contributed by atoms with Crippen LogP contribution in [0.4, 0.5) is 33.7 Å². The van der Waals surface area contributed by atoms with Gasteiger partial charge in [0.1, 0.15) is 17.7 Å². The van der Waals surface area contributed by atoms with Gasteiger partial charge in [-0.1, -0.05) is 18.5 Å². The molecule has 2 aromatic rings. The van der Waals surface area contributed by atoms with Crippen LogP contribution in [-0.2, 0) is 19.6 Å². The van der Waals surface area contributed by atoms with Crippen LogP contribution in [0.25, 0.3) is 0 Å². The molecule has 1 fully saturated rings. The minimum atomic E-state index is -4.84. The number of sulfonamides is 1. The van der Waals surface area contributed by atoms with Crippen molar-refractivity contribution in [2.24, 2.45) is 5.41 Å². The number of benzene rings is 2. The predicted octanol–water partition coefficient (Wildman–Crippen LogP) is 5.24. The highest BCUT2D eigenvalue weighted by atomic mass is 35.5. The number of carbonyl (C=O) groups is 2. The summed E-state index contributed by atoms with van der Waals surface area (Å²) in [4.78, 5) is 24.3. The van der Waals surface area contributed by atoms with E-state index >= 15 is 0 Å². The Balaban J connectivity index is 1.64. The van der Waals surface area contributed by atoms with Crippen LogP contribution in [0.3, 0.4) is 0 Å². The number of halogens is 5. The molecule has 40 heavy (non-hydrogen) atoms. The second-order valence-electron chi connectivity index (χ2n) is 10.3.